The van der Waals surface area contributed by atoms with E-state index in [1.807, 2.05) is 6.07 Å². The highest BCUT2D eigenvalue weighted by molar-refractivity contribution is 7.80. The zero-order valence-corrected chi connectivity index (χ0v) is 12.1. The maximum absolute atomic E-state index is 5.85. The summed E-state index contributed by atoms with van der Waals surface area (Å²) < 4.78 is 0. The van der Waals surface area contributed by atoms with Gasteiger partial charge in [0.15, 0.2) is 0 Å². The van der Waals surface area contributed by atoms with Crippen molar-refractivity contribution in [1.82, 2.24) is 4.98 Å². The van der Waals surface area contributed by atoms with Crippen LogP contribution < -0.4 is 5.73 Å². The molecule has 1 aromatic heterocycles. The molecule has 0 amide bonds. The van der Waals surface area contributed by atoms with Crippen LogP contribution in [0.25, 0.3) is 10.9 Å². The number of thiocarbonyl (C=S) groups is 1. The van der Waals surface area contributed by atoms with Crippen molar-refractivity contribution < 1.29 is 0 Å². The van der Waals surface area contributed by atoms with Gasteiger partial charge in [-0.3, -0.25) is 4.98 Å². The third-order valence-corrected chi connectivity index (χ3v) is 3.35. The van der Waals surface area contributed by atoms with Gasteiger partial charge in [-0.25, -0.2) is 0 Å². The van der Waals surface area contributed by atoms with Gasteiger partial charge in [-0.2, -0.15) is 0 Å². The number of nitrogens with zero attached hydrogens (tertiary/aromatic N) is 1. The van der Waals surface area contributed by atoms with Crippen LogP contribution >= 0.6 is 12.2 Å². The summed E-state index contributed by atoms with van der Waals surface area (Å²) in [5.74, 6) is 0.364. The van der Waals surface area contributed by atoms with Crippen molar-refractivity contribution in [1.29, 1.82) is 0 Å². The summed E-state index contributed by atoms with van der Waals surface area (Å²) in [6, 6.07) is 6.27. The van der Waals surface area contributed by atoms with Crippen molar-refractivity contribution in [3.63, 3.8) is 0 Å². The first-order valence-corrected chi connectivity index (χ1v) is 6.52. The SMILES string of the molecule is Cc1cc(C)c2nc(C(C)C)cc(C(N)=S)c2c1. The summed E-state index contributed by atoms with van der Waals surface area (Å²) in [6.07, 6.45) is 0. The smallest absolute Gasteiger partial charge is 0.104 e. The van der Waals surface area contributed by atoms with Gasteiger partial charge in [-0.15, -0.1) is 0 Å². The quantitative estimate of drug-likeness (QED) is 0.836. The van der Waals surface area contributed by atoms with Crippen LogP contribution in [0.1, 0.15) is 42.1 Å². The lowest BCUT2D eigenvalue weighted by Gasteiger charge is -2.13. The molecule has 0 aliphatic heterocycles. The third-order valence-electron chi connectivity index (χ3n) is 3.13. The van der Waals surface area contributed by atoms with Crippen LogP contribution in [0.5, 0.6) is 0 Å². The van der Waals surface area contributed by atoms with E-state index < -0.39 is 0 Å². The maximum Gasteiger partial charge on any atom is 0.104 e. The van der Waals surface area contributed by atoms with E-state index in [4.69, 9.17) is 22.9 Å². The predicted octanol–water partition coefficient (Wildman–Crippen LogP) is 3.61. The van der Waals surface area contributed by atoms with E-state index >= 15 is 0 Å². The highest BCUT2D eigenvalue weighted by atomic mass is 32.1. The highest BCUT2D eigenvalue weighted by Gasteiger charge is 2.12. The fourth-order valence-corrected chi connectivity index (χ4v) is 2.37. The molecule has 94 valence electrons. The van der Waals surface area contributed by atoms with E-state index in [1.54, 1.807) is 0 Å². The molecule has 0 fully saturated rings. The molecule has 2 nitrogen and oxygen atoms in total. The lowest BCUT2D eigenvalue weighted by atomic mass is 9.99. The van der Waals surface area contributed by atoms with Gasteiger partial charge in [0.1, 0.15) is 4.99 Å². The molecule has 3 heteroatoms. The Morgan fingerprint density at radius 3 is 2.44 bits per heavy atom. The lowest BCUT2D eigenvalue weighted by molar-refractivity contribution is 0.829. The molecule has 0 radical (unpaired) electrons. The van der Waals surface area contributed by atoms with Gasteiger partial charge in [-0.05, 0) is 37.5 Å². The number of aryl methyl sites for hydroxylation is 2. The van der Waals surface area contributed by atoms with Gasteiger partial charge in [-0.1, -0.05) is 37.7 Å². The number of aromatic nitrogens is 1. The van der Waals surface area contributed by atoms with Crippen LogP contribution in [-0.4, -0.2) is 9.97 Å². The van der Waals surface area contributed by atoms with Crippen molar-refractivity contribution in [2.45, 2.75) is 33.6 Å². The van der Waals surface area contributed by atoms with Gasteiger partial charge < -0.3 is 5.73 Å². The molecule has 0 saturated carbocycles. The number of fused-ring (bicyclic) bond motifs is 1. The predicted molar refractivity (Wildman–Crippen MR) is 81.2 cm³/mol. The zero-order chi connectivity index (χ0) is 13.4. The van der Waals surface area contributed by atoms with Crippen molar-refractivity contribution in [3.05, 3.63) is 40.6 Å². The van der Waals surface area contributed by atoms with Gasteiger partial charge in [0.25, 0.3) is 0 Å². The Hall–Kier alpha value is -1.48. The van der Waals surface area contributed by atoms with E-state index in [0.29, 0.717) is 10.9 Å². The third kappa shape index (κ3) is 2.23. The summed E-state index contributed by atoms with van der Waals surface area (Å²) in [4.78, 5) is 5.18. The summed E-state index contributed by atoms with van der Waals surface area (Å²) in [7, 11) is 0. The van der Waals surface area contributed by atoms with Gasteiger partial charge >= 0.3 is 0 Å². The highest BCUT2D eigenvalue weighted by Crippen LogP contribution is 2.26. The van der Waals surface area contributed by atoms with Crippen molar-refractivity contribution in [2.75, 3.05) is 0 Å². The van der Waals surface area contributed by atoms with Gasteiger partial charge in [0.2, 0.25) is 0 Å². The number of pyridine rings is 1. The van der Waals surface area contributed by atoms with E-state index in [0.717, 1.165) is 22.2 Å². The first kappa shape index (κ1) is 13.0. The molecule has 18 heavy (non-hydrogen) atoms. The molecular weight excluding hydrogens is 240 g/mol. The van der Waals surface area contributed by atoms with E-state index in [9.17, 15) is 0 Å². The maximum atomic E-state index is 5.85. The Kier molecular flexibility index (Phi) is 3.35. The Morgan fingerprint density at radius 1 is 1.22 bits per heavy atom. The Balaban J connectivity index is 2.90. The molecule has 0 spiro atoms. The molecule has 0 aliphatic rings. The van der Waals surface area contributed by atoms with Crippen molar-refractivity contribution in [2.24, 2.45) is 5.73 Å². The lowest BCUT2D eigenvalue weighted by Crippen LogP contribution is -2.12. The molecule has 0 atom stereocenters. The minimum Gasteiger partial charge on any atom is -0.389 e. The average Bonchev–Trinajstić information content (AvgIpc) is 2.27. The van der Waals surface area contributed by atoms with Crippen LogP contribution in [0.15, 0.2) is 18.2 Å². The van der Waals surface area contributed by atoms with Crippen molar-refractivity contribution in [3.8, 4) is 0 Å². The Labute approximate surface area is 113 Å². The standard InChI is InChI=1S/C15H18N2S/c1-8(2)13-7-12(15(16)18)11-6-9(3)5-10(4)14(11)17-13/h5-8H,1-4H3,(H2,16,18). The van der Waals surface area contributed by atoms with Gasteiger partial charge in [0, 0.05) is 16.6 Å². The van der Waals surface area contributed by atoms with E-state index in [-0.39, 0.29) is 0 Å². The molecule has 2 aromatic rings. The molecule has 2 rings (SSSR count). The largest absolute Gasteiger partial charge is 0.389 e. The number of nitrogens with two attached hydrogens (primary N) is 1. The number of rotatable bonds is 2. The van der Waals surface area contributed by atoms with Crippen molar-refractivity contribution >= 4 is 28.1 Å². The Morgan fingerprint density at radius 2 is 1.89 bits per heavy atom. The summed E-state index contributed by atoms with van der Waals surface area (Å²) >= 11 is 5.17. The molecule has 1 aromatic carbocycles. The van der Waals surface area contributed by atoms with Crippen LogP contribution in [0.2, 0.25) is 0 Å². The fraction of sp³-hybridized carbons (Fsp3) is 0.333. The monoisotopic (exact) mass is 258 g/mol. The Bertz CT molecular complexity index is 630. The number of hydrogen-bond acceptors (Lipinski definition) is 2. The van der Waals surface area contributed by atoms with Crippen LogP contribution in [-0.2, 0) is 0 Å². The molecule has 2 N–H and O–H groups in total. The summed E-state index contributed by atoms with van der Waals surface area (Å²) in [5, 5.41) is 1.06. The summed E-state index contributed by atoms with van der Waals surface area (Å²) in [5.41, 5.74) is 11.2. The number of hydrogen-bond donors (Lipinski definition) is 1. The van der Waals surface area contributed by atoms with Crippen LogP contribution in [0, 0.1) is 13.8 Å². The van der Waals surface area contributed by atoms with Crippen LogP contribution in [0.3, 0.4) is 0 Å². The zero-order valence-electron chi connectivity index (χ0n) is 11.2. The first-order valence-electron chi connectivity index (χ1n) is 6.12. The van der Waals surface area contributed by atoms with E-state index in [2.05, 4.69) is 39.8 Å². The minimum absolute atomic E-state index is 0.364. The average molecular weight is 258 g/mol. The normalized spacial score (nSPS) is 11.2. The topological polar surface area (TPSA) is 38.9 Å². The molecule has 0 unspecified atom stereocenters. The van der Waals surface area contributed by atoms with Crippen LogP contribution in [0.4, 0.5) is 0 Å². The second-order valence-corrected chi connectivity index (χ2v) is 5.53. The molecule has 0 aliphatic carbocycles. The molecule has 1 heterocycles. The second kappa shape index (κ2) is 4.65. The number of benzene rings is 1. The van der Waals surface area contributed by atoms with Gasteiger partial charge in [0.05, 0.1) is 5.52 Å². The fourth-order valence-electron chi connectivity index (χ4n) is 2.20. The minimum atomic E-state index is 0.364. The molecule has 0 saturated heterocycles. The molecule has 0 bridgehead atoms. The first-order chi connectivity index (χ1) is 8.40. The summed E-state index contributed by atoms with van der Waals surface area (Å²) in [6.45, 7) is 8.41. The van der Waals surface area contributed by atoms with E-state index in [1.165, 1.54) is 11.1 Å². The second-order valence-electron chi connectivity index (χ2n) is 5.09. The molecular formula is C15H18N2S.